The number of nitrogens with one attached hydrogen (secondary N) is 3. The van der Waals surface area contributed by atoms with E-state index in [-0.39, 0.29) is 17.1 Å². The normalized spacial score (nSPS) is 17.3. The number of nitrogens with zero attached hydrogens (tertiary/aromatic N) is 1. The first-order valence-electron chi connectivity index (χ1n) is 10.5. The average molecular weight is 415 g/mol. The highest BCUT2D eigenvalue weighted by Crippen LogP contribution is 2.30. The molecule has 2 heterocycles. The lowest BCUT2D eigenvalue weighted by Crippen LogP contribution is -2.26. The summed E-state index contributed by atoms with van der Waals surface area (Å²) in [6.07, 6.45) is 3.80. The Kier molecular flexibility index (Phi) is 6.34. The molecular weight excluding hydrogens is 382 g/mol. The largest absolute Gasteiger partial charge is 0.386 e. The fourth-order valence-corrected chi connectivity index (χ4v) is 3.72. The van der Waals surface area contributed by atoms with Gasteiger partial charge in [0.1, 0.15) is 11.6 Å². The van der Waals surface area contributed by atoms with Gasteiger partial charge in [0.25, 0.3) is 0 Å². The zero-order chi connectivity index (χ0) is 22.1. The van der Waals surface area contributed by atoms with Crippen molar-refractivity contribution >= 4 is 5.69 Å². The van der Waals surface area contributed by atoms with Gasteiger partial charge in [-0.2, -0.15) is 0 Å². The van der Waals surface area contributed by atoms with Crippen LogP contribution in [0.3, 0.4) is 0 Å². The lowest BCUT2D eigenvalue weighted by atomic mass is 10.0. The summed E-state index contributed by atoms with van der Waals surface area (Å²) in [6.45, 7) is 11.9. The Morgan fingerprint density at radius 3 is 2.53 bits per heavy atom. The topological polar surface area (TPSA) is 49.0 Å². The highest BCUT2D eigenvalue weighted by molar-refractivity contribution is 5.66. The Balaban J connectivity index is 1.86. The van der Waals surface area contributed by atoms with Gasteiger partial charge in [0.15, 0.2) is 0 Å². The maximum Gasteiger partial charge on any atom is 0.133 e. The van der Waals surface area contributed by atoms with Crippen LogP contribution in [0.1, 0.15) is 64.8 Å². The number of benzene rings is 1. The standard InChI is InChI=1S/C24H32F2N4/c1-7-16-9-18(13-27-16)29-15(3)19-11-22(26)20(12-21(19)25)23-10-17(8-14(2)28-23)30-24(4,5)6/h8,10-13,15-16,27,29H,7,9H2,1-6H3,(H,28,30). The third kappa shape index (κ3) is 5.29. The second kappa shape index (κ2) is 8.62. The van der Waals surface area contributed by atoms with Gasteiger partial charge >= 0.3 is 0 Å². The maximum absolute atomic E-state index is 15.0. The first-order valence-corrected chi connectivity index (χ1v) is 10.5. The molecule has 1 aliphatic rings. The van der Waals surface area contributed by atoms with E-state index in [0.29, 0.717) is 17.3 Å². The number of halogens is 2. The third-order valence-corrected chi connectivity index (χ3v) is 5.16. The third-order valence-electron chi connectivity index (χ3n) is 5.16. The molecule has 0 saturated heterocycles. The molecule has 1 aromatic carbocycles. The molecule has 0 aliphatic carbocycles. The molecule has 0 spiro atoms. The van der Waals surface area contributed by atoms with E-state index < -0.39 is 11.6 Å². The molecule has 4 nitrogen and oxygen atoms in total. The zero-order valence-electron chi connectivity index (χ0n) is 18.7. The van der Waals surface area contributed by atoms with E-state index in [9.17, 15) is 4.39 Å². The van der Waals surface area contributed by atoms with E-state index in [1.165, 1.54) is 12.1 Å². The molecule has 162 valence electrons. The minimum absolute atomic E-state index is 0.152. The summed E-state index contributed by atoms with van der Waals surface area (Å²) >= 11 is 0. The van der Waals surface area contributed by atoms with E-state index in [4.69, 9.17) is 0 Å². The molecule has 30 heavy (non-hydrogen) atoms. The Morgan fingerprint density at radius 1 is 1.17 bits per heavy atom. The van der Waals surface area contributed by atoms with Gasteiger partial charge in [-0.05, 0) is 65.3 Å². The van der Waals surface area contributed by atoms with Crippen molar-refractivity contribution in [3.8, 4) is 11.3 Å². The summed E-state index contributed by atoms with van der Waals surface area (Å²) in [5.74, 6) is -0.927. The summed E-state index contributed by atoms with van der Waals surface area (Å²) in [5, 5.41) is 9.95. The van der Waals surface area contributed by atoms with Gasteiger partial charge in [-0.25, -0.2) is 8.78 Å². The van der Waals surface area contributed by atoms with E-state index in [0.717, 1.165) is 29.9 Å². The maximum atomic E-state index is 15.0. The Hall–Kier alpha value is -2.63. The SMILES string of the molecule is CCC1CC(NC(C)c2cc(F)c(-c3cc(NC(C)(C)C)cc(C)n3)cc2F)=CN1. The molecule has 3 N–H and O–H groups in total. The summed E-state index contributed by atoms with van der Waals surface area (Å²) in [7, 11) is 0. The Labute approximate surface area is 178 Å². The average Bonchev–Trinajstić information content (AvgIpc) is 3.08. The molecule has 1 aromatic heterocycles. The first-order chi connectivity index (χ1) is 14.1. The van der Waals surface area contributed by atoms with Crippen molar-refractivity contribution in [3.05, 3.63) is 59.1 Å². The van der Waals surface area contributed by atoms with E-state index in [2.05, 4.69) is 27.9 Å². The van der Waals surface area contributed by atoms with Gasteiger partial charge in [-0.15, -0.1) is 0 Å². The number of anilines is 1. The minimum Gasteiger partial charge on any atom is -0.386 e. The predicted octanol–water partition coefficient (Wildman–Crippen LogP) is 5.81. The fraction of sp³-hybridized carbons (Fsp3) is 0.458. The number of rotatable bonds is 6. The molecule has 0 amide bonds. The minimum atomic E-state index is -0.482. The molecule has 0 radical (unpaired) electrons. The first kappa shape index (κ1) is 22.1. The van der Waals surface area contributed by atoms with Crippen LogP contribution in [-0.2, 0) is 0 Å². The Bertz CT molecular complexity index is 947. The summed E-state index contributed by atoms with van der Waals surface area (Å²) in [6, 6.07) is 6.24. The second-order valence-corrected chi connectivity index (χ2v) is 9.12. The monoisotopic (exact) mass is 414 g/mol. The Morgan fingerprint density at radius 2 is 1.90 bits per heavy atom. The van der Waals surface area contributed by atoms with Crippen molar-refractivity contribution < 1.29 is 8.78 Å². The second-order valence-electron chi connectivity index (χ2n) is 9.12. The van der Waals surface area contributed by atoms with Gasteiger partial charge < -0.3 is 16.0 Å². The highest BCUT2D eigenvalue weighted by Gasteiger charge is 2.21. The molecule has 3 rings (SSSR count). The van der Waals surface area contributed by atoms with Crippen molar-refractivity contribution in [1.29, 1.82) is 0 Å². The van der Waals surface area contributed by atoms with Crippen LogP contribution in [0.4, 0.5) is 14.5 Å². The highest BCUT2D eigenvalue weighted by atomic mass is 19.1. The molecule has 2 atom stereocenters. The fourth-order valence-electron chi connectivity index (χ4n) is 3.72. The summed E-state index contributed by atoms with van der Waals surface area (Å²) in [4.78, 5) is 4.43. The van der Waals surface area contributed by atoms with Gasteiger partial charge in [0.05, 0.1) is 11.7 Å². The molecule has 2 aromatic rings. The van der Waals surface area contributed by atoms with E-state index >= 15 is 4.39 Å². The zero-order valence-corrected chi connectivity index (χ0v) is 18.7. The van der Waals surface area contributed by atoms with Gasteiger partial charge in [-0.3, -0.25) is 4.98 Å². The van der Waals surface area contributed by atoms with Crippen molar-refractivity contribution in [1.82, 2.24) is 15.6 Å². The van der Waals surface area contributed by atoms with Crippen LogP contribution in [0.25, 0.3) is 11.3 Å². The summed E-state index contributed by atoms with van der Waals surface area (Å²) < 4.78 is 30.0. The number of hydrogen-bond donors (Lipinski definition) is 3. The van der Waals surface area contributed by atoms with E-state index in [1.54, 1.807) is 6.07 Å². The quantitative estimate of drug-likeness (QED) is 0.558. The summed E-state index contributed by atoms with van der Waals surface area (Å²) in [5.41, 5.74) is 3.31. The molecule has 0 saturated carbocycles. The molecule has 0 fully saturated rings. The van der Waals surface area contributed by atoms with Crippen LogP contribution < -0.4 is 16.0 Å². The smallest absolute Gasteiger partial charge is 0.133 e. The van der Waals surface area contributed by atoms with Crippen LogP contribution in [0.2, 0.25) is 0 Å². The van der Waals surface area contributed by atoms with Gasteiger partial charge in [0, 0.05) is 52.4 Å². The van der Waals surface area contributed by atoms with Crippen LogP contribution in [0.15, 0.2) is 36.2 Å². The number of aromatic nitrogens is 1. The molecule has 1 aliphatic heterocycles. The number of aryl methyl sites for hydroxylation is 1. The van der Waals surface area contributed by atoms with Crippen molar-refractivity contribution in [2.24, 2.45) is 0 Å². The molecule has 2 unspecified atom stereocenters. The van der Waals surface area contributed by atoms with Crippen molar-refractivity contribution in [2.45, 2.75) is 72.0 Å². The van der Waals surface area contributed by atoms with Gasteiger partial charge in [-0.1, -0.05) is 6.92 Å². The van der Waals surface area contributed by atoms with E-state index in [1.807, 2.05) is 46.9 Å². The predicted molar refractivity (Wildman–Crippen MR) is 119 cm³/mol. The van der Waals surface area contributed by atoms with Crippen molar-refractivity contribution in [2.75, 3.05) is 5.32 Å². The molecule has 6 heteroatoms. The lowest BCUT2D eigenvalue weighted by molar-refractivity contribution is 0.535. The van der Waals surface area contributed by atoms with Crippen LogP contribution in [-0.4, -0.2) is 16.6 Å². The van der Waals surface area contributed by atoms with Crippen LogP contribution >= 0.6 is 0 Å². The van der Waals surface area contributed by atoms with Crippen LogP contribution in [0, 0.1) is 18.6 Å². The molecular formula is C24H32F2N4. The lowest BCUT2D eigenvalue weighted by Gasteiger charge is -2.23. The number of pyridine rings is 1. The van der Waals surface area contributed by atoms with Gasteiger partial charge in [0.2, 0.25) is 0 Å². The van der Waals surface area contributed by atoms with Crippen molar-refractivity contribution in [3.63, 3.8) is 0 Å². The molecule has 0 bridgehead atoms. The number of hydrogen-bond acceptors (Lipinski definition) is 4. The van der Waals surface area contributed by atoms with Crippen LogP contribution in [0.5, 0.6) is 0 Å².